The Kier molecular flexibility index (Phi) is 5.64. The van der Waals surface area contributed by atoms with Crippen molar-refractivity contribution in [1.29, 1.82) is 0 Å². The van der Waals surface area contributed by atoms with E-state index in [2.05, 4.69) is 25.8 Å². The molecule has 0 spiro atoms. The summed E-state index contributed by atoms with van der Waals surface area (Å²) in [5.74, 6) is 0.918. The van der Waals surface area contributed by atoms with E-state index in [0.29, 0.717) is 18.5 Å². The van der Waals surface area contributed by atoms with E-state index in [1.807, 2.05) is 30.3 Å². The van der Waals surface area contributed by atoms with Crippen molar-refractivity contribution in [2.75, 3.05) is 44.3 Å². The number of rotatable bonds is 4. The van der Waals surface area contributed by atoms with Gasteiger partial charge < -0.3 is 14.7 Å². The number of halogens is 1. The monoisotopic (exact) mass is 444 g/mol. The summed E-state index contributed by atoms with van der Waals surface area (Å²) < 4.78 is 6.57. The summed E-state index contributed by atoms with van der Waals surface area (Å²) in [5.41, 5.74) is 1.21. The number of likely N-dealkylation sites (tertiary alicyclic amines) is 1. The van der Waals surface area contributed by atoms with Crippen LogP contribution in [0.4, 0.5) is 5.82 Å². The zero-order valence-electron chi connectivity index (χ0n) is 16.8. The van der Waals surface area contributed by atoms with E-state index < -0.39 is 5.60 Å². The fourth-order valence-electron chi connectivity index (χ4n) is 4.34. The van der Waals surface area contributed by atoms with Gasteiger partial charge in [-0.25, -0.2) is 4.98 Å². The lowest BCUT2D eigenvalue weighted by Crippen LogP contribution is -2.42. The van der Waals surface area contributed by atoms with Crippen LogP contribution in [0.1, 0.15) is 23.3 Å². The van der Waals surface area contributed by atoms with Crippen LogP contribution in [0.5, 0.6) is 0 Å². The van der Waals surface area contributed by atoms with E-state index in [4.69, 9.17) is 16.3 Å². The molecule has 4 heterocycles. The lowest BCUT2D eigenvalue weighted by molar-refractivity contribution is -0.0275. The molecule has 0 unspecified atom stereocenters. The molecule has 0 saturated carbocycles. The third-order valence-corrected chi connectivity index (χ3v) is 7.34. The van der Waals surface area contributed by atoms with Crippen molar-refractivity contribution in [2.45, 2.75) is 25.0 Å². The van der Waals surface area contributed by atoms with E-state index in [-0.39, 0.29) is 0 Å². The highest BCUT2D eigenvalue weighted by molar-refractivity contribution is 7.19. The molecule has 0 bridgehead atoms. The van der Waals surface area contributed by atoms with E-state index in [1.54, 1.807) is 11.3 Å². The van der Waals surface area contributed by atoms with E-state index >= 15 is 0 Å². The number of benzene rings is 1. The number of aliphatic hydroxyl groups is 1. The number of morpholine rings is 1. The van der Waals surface area contributed by atoms with Gasteiger partial charge in [-0.05, 0) is 36.1 Å². The minimum atomic E-state index is -0.722. The Morgan fingerprint density at radius 3 is 2.53 bits per heavy atom. The summed E-state index contributed by atoms with van der Waals surface area (Å²) in [4.78, 5) is 14.9. The third-order valence-electron chi connectivity index (χ3n) is 6.06. The highest BCUT2D eigenvalue weighted by atomic mass is 35.5. The molecular weight excluding hydrogens is 420 g/mol. The van der Waals surface area contributed by atoms with Crippen molar-refractivity contribution in [1.82, 2.24) is 14.9 Å². The largest absolute Gasteiger partial charge is 0.385 e. The van der Waals surface area contributed by atoms with Gasteiger partial charge in [0.25, 0.3) is 0 Å². The molecule has 2 aliphatic rings. The van der Waals surface area contributed by atoms with E-state index in [1.165, 1.54) is 4.88 Å². The average Bonchev–Trinajstić information content (AvgIpc) is 3.18. The number of hydrogen-bond donors (Lipinski definition) is 1. The third kappa shape index (κ3) is 4.05. The zero-order chi connectivity index (χ0) is 20.6. The highest BCUT2D eigenvalue weighted by Gasteiger charge is 2.34. The summed E-state index contributed by atoms with van der Waals surface area (Å²) in [6.45, 7) is 5.63. The first-order valence-electron chi connectivity index (χ1n) is 10.4. The molecule has 0 radical (unpaired) electrons. The number of aromatic nitrogens is 2. The zero-order valence-corrected chi connectivity index (χ0v) is 18.3. The van der Waals surface area contributed by atoms with Crippen LogP contribution >= 0.6 is 22.9 Å². The summed E-state index contributed by atoms with van der Waals surface area (Å²) >= 11 is 7.97. The SMILES string of the molecule is OC1(c2ccccc2)CCN(Cc2cc3nc(Cl)nc(N4CCOCC4)c3s2)CC1. The van der Waals surface area contributed by atoms with Gasteiger partial charge in [-0.2, -0.15) is 4.98 Å². The summed E-state index contributed by atoms with van der Waals surface area (Å²) in [6, 6.07) is 12.2. The molecule has 2 saturated heterocycles. The quantitative estimate of drug-likeness (QED) is 0.619. The second kappa shape index (κ2) is 8.40. The van der Waals surface area contributed by atoms with Crippen LogP contribution in [0.3, 0.4) is 0 Å². The molecule has 158 valence electrons. The fourth-order valence-corrected chi connectivity index (χ4v) is 5.67. The standard InChI is InChI=1S/C22H25ClN4O2S/c23-21-24-18-14-17(30-19(18)20(25-21)27-10-12-29-13-11-27)15-26-8-6-22(28,7-9-26)16-4-2-1-3-5-16/h1-5,14,28H,6-13,15H2. The van der Waals surface area contributed by atoms with Crippen molar-refractivity contribution < 1.29 is 9.84 Å². The Balaban J connectivity index is 1.32. The van der Waals surface area contributed by atoms with Gasteiger partial charge in [-0.15, -0.1) is 11.3 Å². The number of nitrogens with zero attached hydrogens (tertiary/aromatic N) is 4. The van der Waals surface area contributed by atoms with Crippen molar-refractivity contribution in [3.63, 3.8) is 0 Å². The van der Waals surface area contributed by atoms with Crippen LogP contribution < -0.4 is 4.90 Å². The van der Waals surface area contributed by atoms with Crippen molar-refractivity contribution in [3.05, 3.63) is 52.1 Å². The van der Waals surface area contributed by atoms with Crippen LogP contribution in [-0.2, 0) is 16.9 Å². The van der Waals surface area contributed by atoms with Gasteiger partial charge in [0, 0.05) is 37.6 Å². The Hall–Kier alpha value is -1.77. The molecular formula is C22H25ClN4O2S. The van der Waals surface area contributed by atoms with Gasteiger partial charge in [0.1, 0.15) is 0 Å². The van der Waals surface area contributed by atoms with Crippen LogP contribution in [0.2, 0.25) is 5.28 Å². The molecule has 1 aromatic carbocycles. The summed E-state index contributed by atoms with van der Waals surface area (Å²) in [6.07, 6.45) is 1.49. The highest BCUT2D eigenvalue weighted by Crippen LogP contribution is 2.36. The van der Waals surface area contributed by atoms with Crippen molar-refractivity contribution in [3.8, 4) is 0 Å². The van der Waals surface area contributed by atoms with Crippen LogP contribution in [0.25, 0.3) is 10.2 Å². The maximum absolute atomic E-state index is 11.1. The minimum absolute atomic E-state index is 0.291. The lowest BCUT2D eigenvalue weighted by atomic mass is 9.84. The first-order chi connectivity index (χ1) is 14.6. The number of fused-ring (bicyclic) bond motifs is 1. The fraction of sp³-hybridized carbons (Fsp3) is 0.455. The van der Waals surface area contributed by atoms with Crippen LogP contribution in [0.15, 0.2) is 36.4 Å². The molecule has 0 aliphatic carbocycles. The van der Waals surface area contributed by atoms with Gasteiger partial charge in [0.2, 0.25) is 5.28 Å². The number of thiophene rings is 1. The molecule has 2 fully saturated rings. The molecule has 2 aliphatic heterocycles. The van der Waals surface area contributed by atoms with Gasteiger partial charge >= 0.3 is 0 Å². The summed E-state index contributed by atoms with van der Waals surface area (Å²) in [7, 11) is 0. The predicted octanol–water partition coefficient (Wildman–Crippen LogP) is 3.66. The van der Waals surface area contributed by atoms with Gasteiger partial charge in [0.15, 0.2) is 5.82 Å². The minimum Gasteiger partial charge on any atom is -0.385 e. The summed E-state index contributed by atoms with van der Waals surface area (Å²) in [5, 5.41) is 11.4. The first kappa shape index (κ1) is 20.2. The molecule has 0 atom stereocenters. The number of anilines is 1. The first-order valence-corrected chi connectivity index (χ1v) is 11.6. The topological polar surface area (TPSA) is 61.7 Å². The van der Waals surface area contributed by atoms with Crippen molar-refractivity contribution in [2.24, 2.45) is 0 Å². The predicted molar refractivity (Wildman–Crippen MR) is 120 cm³/mol. The molecule has 6 nitrogen and oxygen atoms in total. The lowest BCUT2D eigenvalue weighted by Gasteiger charge is -2.38. The maximum atomic E-state index is 11.1. The van der Waals surface area contributed by atoms with Gasteiger partial charge in [-0.3, -0.25) is 4.90 Å². The normalized spacial score (nSPS) is 20.0. The molecule has 2 aromatic heterocycles. The number of hydrogen-bond acceptors (Lipinski definition) is 7. The van der Waals surface area contributed by atoms with Crippen LogP contribution in [0, 0.1) is 0 Å². The molecule has 30 heavy (non-hydrogen) atoms. The van der Waals surface area contributed by atoms with E-state index in [0.717, 1.165) is 67.2 Å². The molecule has 8 heteroatoms. The molecule has 5 rings (SSSR count). The smallest absolute Gasteiger partial charge is 0.224 e. The number of piperidine rings is 1. The maximum Gasteiger partial charge on any atom is 0.224 e. The number of ether oxygens (including phenoxy) is 1. The van der Waals surface area contributed by atoms with Crippen LogP contribution in [-0.4, -0.2) is 59.4 Å². The average molecular weight is 445 g/mol. The van der Waals surface area contributed by atoms with Crippen molar-refractivity contribution >= 4 is 39.0 Å². The van der Waals surface area contributed by atoms with E-state index in [9.17, 15) is 5.11 Å². The van der Waals surface area contributed by atoms with Gasteiger partial charge in [-0.1, -0.05) is 30.3 Å². The molecule has 1 N–H and O–H groups in total. The Labute approximate surface area is 185 Å². The molecule has 0 amide bonds. The van der Waals surface area contributed by atoms with Gasteiger partial charge in [0.05, 0.1) is 29.0 Å². The molecule has 3 aromatic rings. The second-order valence-electron chi connectivity index (χ2n) is 8.02. The second-order valence-corrected chi connectivity index (χ2v) is 9.49. The Morgan fingerprint density at radius 2 is 1.80 bits per heavy atom. The Morgan fingerprint density at radius 1 is 1.07 bits per heavy atom. The Bertz CT molecular complexity index is 1010.